The monoisotopic (exact) mass is 326 g/mol. The molecule has 1 aromatic carbocycles. The molecule has 3 N–H and O–H groups in total. The molecule has 5 heteroatoms. The fourth-order valence-electron chi connectivity index (χ4n) is 2.60. The lowest BCUT2D eigenvalue weighted by Crippen LogP contribution is -2.44. The largest absolute Gasteiger partial charge is 0.397 e. The third kappa shape index (κ3) is 3.09. The number of carbonyl (C=O) groups is 1. The van der Waals surface area contributed by atoms with Crippen LogP contribution in [0.25, 0.3) is 0 Å². The zero-order valence-electron chi connectivity index (χ0n) is 10.8. The number of aliphatic hydroxyl groups is 1. The third-order valence-corrected chi connectivity index (χ3v) is 4.33. The molecule has 1 aliphatic rings. The number of aliphatic hydroxyl groups excluding tert-OH is 1. The van der Waals surface area contributed by atoms with Crippen LogP contribution in [0.4, 0.5) is 5.69 Å². The highest BCUT2D eigenvalue weighted by molar-refractivity contribution is 9.10. The average Bonchev–Trinajstić information content (AvgIpc) is 2.42. The predicted octanol–water partition coefficient (Wildman–Crippen LogP) is 2.41. The summed E-state index contributed by atoms with van der Waals surface area (Å²) in [6.07, 6.45) is 3.73. The lowest BCUT2D eigenvalue weighted by Gasteiger charge is -2.36. The number of carbonyl (C=O) groups excluding carboxylic acids is 1. The van der Waals surface area contributed by atoms with Crippen LogP contribution in [-0.4, -0.2) is 35.1 Å². The van der Waals surface area contributed by atoms with E-state index in [0.29, 0.717) is 17.7 Å². The molecule has 4 nitrogen and oxygen atoms in total. The van der Waals surface area contributed by atoms with Gasteiger partial charge < -0.3 is 15.7 Å². The lowest BCUT2D eigenvalue weighted by molar-refractivity contribution is 0.0575. The van der Waals surface area contributed by atoms with Crippen molar-refractivity contribution in [3.05, 3.63) is 28.2 Å². The molecule has 1 atom stereocenters. The summed E-state index contributed by atoms with van der Waals surface area (Å²) >= 11 is 3.35. The van der Waals surface area contributed by atoms with Crippen molar-refractivity contribution < 1.29 is 9.90 Å². The normalized spacial score (nSPS) is 19.5. The van der Waals surface area contributed by atoms with Gasteiger partial charge in [0.05, 0.1) is 11.3 Å². The van der Waals surface area contributed by atoms with Crippen LogP contribution in [0.1, 0.15) is 36.0 Å². The molecule has 1 aromatic rings. The van der Waals surface area contributed by atoms with Crippen LogP contribution in [0.15, 0.2) is 22.7 Å². The lowest BCUT2D eigenvalue weighted by atomic mass is 9.98. The molecular weight excluding hydrogens is 308 g/mol. The molecule has 0 spiro atoms. The van der Waals surface area contributed by atoms with E-state index in [0.717, 1.165) is 30.3 Å². The zero-order chi connectivity index (χ0) is 13.8. The van der Waals surface area contributed by atoms with Gasteiger partial charge in [-0.3, -0.25) is 4.79 Å². The number of halogens is 1. The van der Waals surface area contributed by atoms with Crippen LogP contribution < -0.4 is 5.73 Å². The second-order valence-corrected chi connectivity index (χ2v) is 5.72. The minimum absolute atomic E-state index is 0.0306. The Kier molecular flexibility index (Phi) is 4.82. The average molecular weight is 327 g/mol. The Labute approximate surface area is 121 Å². The first-order valence-electron chi connectivity index (χ1n) is 6.61. The van der Waals surface area contributed by atoms with E-state index in [9.17, 15) is 4.79 Å². The molecule has 0 aromatic heterocycles. The van der Waals surface area contributed by atoms with E-state index in [1.807, 2.05) is 17.0 Å². The molecule has 1 aliphatic heterocycles. The maximum absolute atomic E-state index is 12.6. The number of rotatable bonds is 3. The fourth-order valence-corrected chi connectivity index (χ4v) is 2.96. The number of hydrogen-bond donors (Lipinski definition) is 2. The summed E-state index contributed by atoms with van der Waals surface area (Å²) in [7, 11) is 0. The van der Waals surface area contributed by atoms with Gasteiger partial charge in [-0.25, -0.2) is 0 Å². The number of piperidine rings is 1. The molecular formula is C14H19BrN2O2. The van der Waals surface area contributed by atoms with Crippen molar-refractivity contribution in [1.82, 2.24) is 4.90 Å². The van der Waals surface area contributed by atoms with Crippen molar-refractivity contribution in [2.45, 2.75) is 31.7 Å². The summed E-state index contributed by atoms with van der Waals surface area (Å²) in [4.78, 5) is 14.5. The van der Waals surface area contributed by atoms with Gasteiger partial charge in [-0.05, 0) is 53.7 Å². The van der Waals surface area contributed by atoms with Gasteiger partial charge in [-0.1, -0.05) is 6.07 Å². The summed E-state index contributed by atoms with van der Waals surface area (Å²) in [5, 5.41) is 9.12. The van der Waals surface area contributed by atoms with Crippen LogP contribution in [0.3, 0.4) is 0 Å². The molecule has 104 valence electrons. The Bertz CT molecular complexity index is 463. The fraction of sp³-hybridized carbons (Fsp3) is 0.500. The minimum Gasteiger partial charge on any atom is -0.397 e. The Morgan fingerprint density at radius 2 is 2.26 bits per heavy atom. The van der Waals surface area contributed by atoms with E-state index >= 15 is 0 Å². The highest BCUT2D eigenvalue weighted by atomic mass is 79.9. The van der Waals surface area contributed by atoms with Gasteiger partial charge in [0.15, 0.2) is 0 Å². The van der Waals surface area contributed by atoms with Crippen molar-refractivity contribution in [3.8, 4) is 0 Å². The molecule has 19 heavy (non-hydrogen) atoms. The Morgan fingerprint density at radius 3 is 3.00 bits per heavy atom. The molecule has 1 unspecified atom stereocenters. The van der Waals surface area contributed by atoms with Gasteiger partial charge in [0.25, 0.3) is 5.91 Å². The van der Waals surface area contributed by atoms with E-state index in [1.54, 1.807) is 6.07 Å². The number of nitrogen functional groups attached to an aromatic ring is 1. The summed E-state index contributed by atoms with van der Waals surface area (Å²) in [6, 6.07) is 5.53. The molecule has 0 aliphatic carbocycles. The van der Waals surface area contributed by atoms with Crippen molar-refractivity contribution >= 4 is 27.5 Å². The first-order valence-corrected chi connectivity index (χ1v) is 7.40. The van der Waals surface area contributed by atoms with E-state index in [2.05, 4.69) is 15.9 Å². The Hall–Kier alpha value is -1.07. The van der Waals surface area contributed by atoms with E-state index in [-0.39, 0.29) is 18.6 Å². The molecule has 2 rings (SSSR count). The summed E-state index contributed by atoms with van der Waals surface area (Å²) in [5.74, 6) is -0.0306. The Morgan fingerprint density at radius 1 is 1.47 bits per heavy atom. The highest BCUT2D eigenvalue weighted by Gasteiger charge is 2.28. The maximum atomic E-state index is 12.6. The van der Waals surface area contributed by atoms with E-state index < -0.39 is 0 Å². The molecule has 0 saturated carbocycles. The van der Waals surface area contributed by atoms with Gasteiger partial charge in [0.1, 0.15) is 0 Å². The standard InChI is InChI=1S/C14H19BrN2O2/c15-12-6-3-5-11(13(12)16)14(19)17-8-2-1-4-10(17)7-9-18/h3,5-6,10,18H,1-2,4,7-9,16H2. The van der Waals surface area contributed by atoms with Crippen molar-refractivity contribution in [2.24, 2.45) is 0 Å². The van der Waals surface area contributed by atoms with Crippen molar-refractivity contribution in [1.29, 1.82) is 0 Å². The second kappa shape index (κ2) is 6.39. The van der Waals surface area contributed by atoms with Gasteiger partial charge in [0, 0.05) is 23.7 Å². The molecule has 0 radical (unpaired) electrons. The van der Waals surface area contributed by atoms with Crippen molar-refractivity contribution in [3.63, 3.8) is 0 Å². The second-order valence-electron chi connectivity index (χ2n) is 4.86. The number of likely N-dealkylation sites (tertiary alicyclic amines) is 1. The Balaban J connectivity index is 2.23. The van der Waals surface area contributed by atoms with Crippen LogP contribution in [0.2, 0.25) is 0 Å². The summed E-state index contributed by atoms with van der Waals surface area (Å²) < 4.78 is 0.745. The SMILES string of the molecule is Nc1c(Br)cccc1C(=O)N1CCCCC1CCO. The zero-order valence-corrected chi connectivity index (χ0v) is 12.4. The minimum atomic E-state index is -0.0306. The number of benzene rings is 1. The number of nitrogens with two attached hydrogens (primary N) is 1. The first-order chi connectivity index (χ1) is 9.15. The van der Waals surface area contributed by atoms with Gasteiger partial charge in [-0.2, -0.15) is 0 Å². The topological polar surface area (TPSA) is 66.6 Å². The number of hydrogen-bond acceptors (Lipinski definition) is 3. The molecule has 1 heterocycles. The van der Waals surface area contributed by atoms with Crippen LogP contribution in [0, 0.1) is 0 Å². The summed E-state index contributed by atoms with van der Waals surface area (Å²) in [6.45, 7) is 0.859. The number of nitrogens with zero attached hydrogens (tertiary/aromatic N) is 1. The third-order valence-electron chi connectivity index (χ3n) is 3.63. The van der Waals surface area contributed by atoms with Crippen LogP contribution >= 0.6 is 15.9 Å². The number of anilines is 1. The maximum Gasteiger partial charge on any atom is 0.256 e. The molecule has 1 saturated heterocycles. The number of para-hydroxylation sites is 1. The quantitative estimate of drug-likeness (QED) is 0.838. The first kappa shape index (κ1) is 14.3. The number of amides is 1. The summed E-state index contributed by atoms with van der Waals surface area (Å²) in [5.41, 5.74) is 6.99. The highest BCUT2D eigenvalue weighted by Crippen LogP contribution is 2.27. The molecule has 0 bridgehead atoms. The van der Waals surface area contributed by atoms with E-state index in [1.165, 1.54) is 0 Å². The molecule has 1 amide bonds. The molecule has 1 fully saturated rings. The predicted molar refractivity (Wildman–Crippen MR) is 78.9 cm³/mol. The smallest absolute Gasteiger partial charge is 0.256 e. The van der Waals surface area contributed by atoms with Crippen LogP contribution in [-0.2, 0) is 0 Å². The van der Waals surface area contributed by atoms with E-state index in [4.69, 9.17) is 10.8 Å². The van der Waals surface area contributed by atoms with Gasteiger partial charge >= 0.3 is 0 Å². The van der Waals surface area contributed by atoms with Crippen LogP contribution in [0.5, 0.6) is 0 Å². The van der Waals surface area contributed by atoms with Crippen molar-refractivity contribution in [2.75, 3.05) is 18.9 Å². The van der Waals surface area contributed by atoms with Gasteiger partial charge in [0.2, 0.25) is 0 Å². The van der Waals surface area contributed by atoms with Gasteiger partial charge in [-0.15, -0.1) is 0 Å².